The fraction of sp³-hybridized carbons (Fsp3) is 0.455. The van der Waals surface area contributed by atoms with E-state index in [1.165, 1.54) is 12.1 Å². The Hall–Kier alpha value is -1.13. The molecule has 80 valence electrons. The first-order valence-corrected chi connectivity index (χ1v) is 5.06. The fourth-order valence-electron chi connectivity index (χ4n) is 2.21. The molecule has 1 spiro atoms. The van der Waals surface area contributed by atoms with Crippen molar-refractivity contribution >= 4 is 0 Å². The Morgan fingerprint density at radius 3 is 3.07 bits per heavy atom. The molecule has 3 rings (SSSR count). The second-order valence-corrected chi connectivity index (χ2v) is 3.99. The molecule has 2 heterocycles. The number of benzene rings is 1. The molecule has 1 aromatic rings. The largest absolute Gasteiger partial charge is 0.491 e. The average Bonchev–Trinajstić information content (AvgIpc) is 2.59. The van der Waals surface area contributed by atoms with Gasteiger partial charge in [-0.15, -0.1) is 0 Å². The van der Waals surface area contributed by atoms with Crippen molar-refractivity contribution < 1.29 is 13.9 Å². The summed E-state index contributed by atoms with van der Waals surface area (Å²) in [5.41, 5.74) is 0.539. The molecule has 2 aliphatic rings. The Labute approximate surface area is 87.2 Å². The van der Waals surface area contributed by atoms with Crippen molar-refractivity contribution in [3.05, 3.63) is 29.6 Å². The van der Waals surface area contributed by atoms with Gasteiger partial charge in [0, 0.05) is 12.1 Å². The SMILES string of the molecule is Fc1ccc2c(c1)[C@@]1(COCCN1)CO2. The molecule has 0 aliphatic carbocycles. The van der Waals surface area contributed by atoms with Crippen LogP contribution < -0.4 is 10.1 Å². The molecular weight excluding hydrogens is 197 g/mol. The number of ether oxygens (including phenoxy) is 2. The molecule has 0 unspecified atom stereocenters. The second-order valence-electron chi connectivity index (χ2n) is 3.99. The van der Waals surface area contributed by atoms with Gasteiger partial charge in [0.15, 0.2) is 0 Å². The van der Waals surface area contributed by atoms with Crippen molar-refractivity contribution in [3.63, 3.8) is 0 Å². The molecule has 1 fully saturated rings. The van der Waals surface area contributed by atoms with Crippen LogP contribution in [0, 0.1) is 5.82 Å². The topological polar surface area (TPSA) is 30.5 Å². The van der Waals surface area contributed by atoms with Crippen molar-refractivity contribution in [1.29, 1.82) is 0 Å². The van der Waals surface area contributed by atoms with Crippen LogP contribution in [0.1, 0.15) is 5.56 Å². The fourth-order valence-corrected chi connectivity index (χ4v) is 2.21. The standard InChI is InChI=1S/C11H12FNO2/c12-8-1-2-10-9(5-8)11(7-15-10)6-14-4-3-13-11/h1-2,5,13H,3-4,6-7H2/t11-/m1/s1. The first-order valence-electron chi connectivity index (χ1n) is 5.06. The van der Waals surface area contributed by atoms with Gasteiger partial charge in [0.2, 0.25) is 0 Å². The first-order chi connectivity index (χ1) is 7.30. The third-order valence-corrected chi connectivity index (χ3v) is 2.99. The average molecular weight is 209 g/mol. The lowest BCUT2D eigenvalue weighted by Crippen LogP contribution is -2.52. The van der Waals surface area contributed by atoms with Crippen molar-refractivity contribution in [2.45, 2.75) is 5.54 Å². The molecular formula is C11H12FNO2. The smallest absolute Gasteiger partial charge is 0.124 e. The highest BCUT2D eigenvalue weighted by molar-refractivity contribution is 5.43. The highest BCUT2D eigenvalue weighted by atomic mass is 19.1. The predicted octanol–water partition coefficient (Wildman–Crippen LogP) is 1.03. The summed E-state index contributed by atoms with van der Waals surface area (Å²) in [6, 6.07) is 4.63. The first kappa shape index (κ1) is 9.12. The number of morpholine rings is 1. The number of nitrogens with one attached hydrogen (secondary N) is 1. The van der Waals surface area contributed by atoms with Crippen molar-refractivity contribution in [2.24, 2.45) is 0 Å². The highest BCUT2D eigenvalue weighted by Gasteiger charge is 2.42. The van der Waals surface area contributed by atoms with Gasteiger partial charge in [-0.25, -0.2) is 4.39 Å². The van der Waals surface area contributed by atoms with Crippen LogP contribution in [-0.4, -0.2) is 26.4 Å². The van der Waals surface area contributed by atoms with Gasteiger partial charge in [-0.05, 0) is 18.2 Å². The Morgan fingerprint density at radius 1 is 1.33 bits per heavy atom. The second kappa shape index (κ2) is 3.18. The van der Waals surface area contributed by atoms with Gasteiger partial charge in [0.1, 0.15) is 23.7 Å². The number of halogens is 1. The summed E-state index contributed by atoms with van der Waals surface area (Å²) in [6.07, 6.45) is 0. The van der Waals surface area contributed by atoms with Crippen LogP contribution in [0.25, 0.3) is 0 Å². The molecule has 3 nitrogen and oxygen atoms in total. The maximum absolute atomic E-state index is 13.2. The molecule has 1 aromatic carbocycles. The van der Waals surface area contributed by atoms with Crippen molar-refractivity contribution in [3.8, 4) is 5.75 Å². The summed E-state index contributed by atoms with van der Waals surface area (Å²) >= 11 is 0. The van der Waals surface area contributed by atoms with Gasteiger partial charge < -0.3 is 14.8 Å². The monoisotopic (exact) mass is 209 g/mol. The molecule has 4 heteroatoms. The molecule has 0 radical (unpaired) electrons. The molecule has 1 N–H and O–H groups in total. The van der Waals surface area contributed by atoms with E-state index in [0.717, 1.165) is 17.9 Å². The Balaban J connectivity index is 2.05. The van der Waals surface area contributed by atoms with Crippen LogP contribution in [0.2, 0.25) is 0 Å². The van der Waals surface area contributed by atoms with Gasteiger partial charge in [-0.3, -0.25) is 0 Å². The number of hydrogen-bond donors (Lipinski definition) is 1. The van der Waals surface area contributed by atoms with Crippen molar-refractivity contribution in [1.82, 2.24) is 5.32 Å². The summed E-state index contributed by atoms with van der Waals surface area (Å²) < 4.78 is 24.2. The minimum atomic E-state index is -0.338. The Morgan fingerprint density at radius 2 is 2.27 bits per heavy atom. The van der Waals surface area contributed by atoms with E-state index in [4.69, 9.17) is 9.47 Å². The van der Waals surface area contributed by atoms with E-state index in [0.29, 0.717) is 19.8 Å². The normalized spacial score (nSPS) is 28.9. The molecule has 0 aromatic heterocycles. The quantitative estimate of drug-likeness (QED) is 0.692. The van der Waals surface area contributed by atoms with Gasteiger partial charge >= 0.3 is 0 Å². The van der Waals surface area contributed by atoms with Crippen LogP contribution >= 0.6 is 0 Å². The van der Waals surface area contributed by atoms with Gasteiger partial charge in [0.25, 0.3) is 0 Å². The minimum absolute atomic E-state index is 0.231. The highest BCUT2D eigenvalue weighted by Crippen LogP contribution is 2.38. The number of hydrogen-bond acceptors (Lipinski definition) is 3. The van der Waals surface area contributed by atoms with E-state index < -0.39 is 0 Å². The minimum Gasteiger partial charge on any atom is -0.491 e. The summed E-state index contributed by atoms with van der Waals surface area (Å²) in [5.74, 6) is 0.528. The lowest BCUT2D eigenvalue weighted by atomic mass is 9.92. The molecule has 0 amide bonds. The van der Waals surface area contributed by atoms with Gasteiger partial charge in [0.05, 0.1) is 13.2 Å². The Bertz CT molecular complexity index is 383. The van der Waals surface area contributed by atoms with Crippen LogP contribution in [0.5, 0.6) is 5.75 Å². The van der Waals surface area contributed by atoms with Crippen LogP contribution in [0.3, 0.4) is 0 Å². The Kier molecular flexibility index (Phi) is 1.94. The lowest BCUT2D eigenvalue weighted by molar-refractivity contribution is 0.0159. The molecule has 15 heavy (non-hydrogen) atoms. The third-order valence-electron chi connectivity index (χ3n) is 2.99. The number of rotatable bonds is 0. The van der Waals surface area contributed by atoms with E-state index in [-0.39, 0.29) is 11.4 Å². The summed E-state index contributed by atoms with van der Waals surface area (Å²) in [7, 11) is 0. The molecule has 0 bridgehead atoms. The zero-order valence-electron chi connectivity index (χ0n) is 8.25. The molecule has 2 aliphatic heterocycles. The van der Waals surface area contributed by atoms with E-state index in [1.807, 2.05) is 0 Å². The summed E-state index contributed by atoms with van der Waals surface area (Å²) in [4.78, 5) is 0. The third kappa shape index (κ3) is 1.33. The molecule has 1 saturated heterocycles. The zero-order chi connectivity index (χ0) is 10.3. The van der Waals surface area contributed by atoms with Crippen LogP contribution in [0.15, 0.2) is 18.2 Å². The maximum atomic E-state index is 13.2. The predicted molar refractivity (Wildman–Crippen MR) is 52.4 cm³/mol. The van der Waals surface area contributed by atoms with E-state index in [1.54, 1.807) is 6.07 Å². The van der Waals surface area contributed by atoms with Crippen LogP contribution in [0.4, 0.5) is 4.39 Å². The maximum Gasteiger partial charge on any atom is 0.124 e. The van der Waals surface area contributed by atoms with E-state index in [9.17, 15) is 4.39 Å². The van der Waals surface area contributed by atoms with Gasteiger partial charge in [-0.1, -0.05) is 0 Å². The summed E-state index contributed by atoms with van der Waals surface area (Å²) in [6.45, 7) is 2.54. The van der Waals surface area contributed by atoms with Crippen LogP contribution in [-0.2, 0) is 10.3 Å². The van der Waals surface area contributed by atoms with E-state index in [2.05, 4.69) is 5.32 Å². The molecule has 0 saturated carbocycles. The number of fused-ring (bicyclic) bond motifs is 2. The van der Waals surface area contributed by atoms with Crippen molar-refractivity contribution in [2.75, 3.05) is 26.4 Å². The van der Waals surface area contributed by atoms with E-state index >= 15 is 0 Å². The molecule has 1 atom stereocenters. The lowest BCUT2D eigenvalue weighted by Gasteiger charge is -2.33. The summed E-state index contributed by atoms with van der Waals surface area (Å²) in [5, 5.41) is 3.36. The van der Waals surface area contributed by atoms with Gasteiger partial charge in [-0.2, -0.15) is 0 Å². The zero-order valence-corrected chi connectivity index (χ0v) is 8.25.